The molecule has 1 aliphatic rings. The van der Waals surface area contributed by atoms with Crippen LogP contribution in [0.4, 0.5) is 0 Å². The molecule has 1 N–H and O–H groups in total. The lowest BCUT2D eigenvalue weighted by atomic mass is 10.0. The van der Waals surface area contributed by atoms with Crippen LogP contribution in [0.25, 0.3) is 12.2 Å². The standard InChI is InChI=1S/C34H36N2O6.ClH/c1-39-20-21-41-34(38)29(17-15-26-16-18-31(40-2)32(23-26)42-28-13-6-7-14-28)30(22-25-10-4-3-5-11-25)33(37)36-24-27-12-8-9-19-35-27;/h3-5,8-12,15-16,18-19,22-23,28H,6-7,13-14,20-21,24H2,1-2H3,(H,36,37);1H/b30-22-;. The fourth-order valence-corrected chi connectivity index (χ4v) is 4.49. The molecule has 0 atom stereocenters. The van der Waals surface area contributed by atoms with Crippen molar-refractivity contribution in [3.8, 4) is 11.5 Å². The summed E-state index contributed by atoms with van der Waals surface area (Å²) < 4.78 is 22.2. The van der Waals surface area contributed by atoms with Crippen molar-refractivity contribution in [1.82, 2.24) is 10.3 Å². The van der Waals surface area contributed by atoms with Gasteiger partial charge < -0.3 is 24.3 Å². The fourth-order valence-electron chi connectivity index (χ4n) is 4.49. The second-order valence-corrected chi connectivity index (χ2v) is 9.70. The summed E-state index contributed by atoms with van der Waals surface area (Å²) in [5, 5.41) is 2.87. The van der Waals surface area contributed by atoms with Gasteiger partial charge in [0.15, 0.2) is 11.5 Å². The number of benzene rings is 2. The summed E-state index contributed by atoms with van der Waals surface area (Å²) >= 11 is 0. The molecule has 0 saturated heterocycles. The summed E-state index contributed by atoms with van der Waals surface area (Å²) in [5.74, 6) is 0.0802. The molecule has 0 aliphatic heterocycles. The van der Waals surface area contributed by atoms with Crippen LogP contribution in [0.3, 0.4) is 0 Å². The molecule has 1 saturated carbocycles. The molecule has 2 aromatic carbocycles. The molecule has 1 fully saturated rings. The lowest BCUT2D eigenvalue weighted by molar-refractivity contribution is -0.140. The van der Waals surface area contributed by atoms with Crippen LogP contribution in [0, 0.1) is 0 Å². The zero-order valence-electron chi connectivity index (χ0n) is 24.4. The highest BCUT2D eigenvalue weighted by Gasteiger charge is 2.23. The van der Waals surface area contributed by atoms with E-state index in [1.54, 1.807) is 31.5 Å². The summed E-state index contributed by atoms with van der Waals surface area (Å²) in [4.78, 5) is 31.2. The minimum absolute atomic E-state index is 0. The van der Waals surface area contributed by atoms with Gasteiger partial charge in [-0.25, -0.2) is 4.79 Å². The van der Waals surface area contributed by atoms with Crippen LogP contribution < -0.4 is 14.8 Å². The second-order valence-electron chi connectivity index (χ2n) is 9.70. The number of rotatable bonds is 13. The van der Waals surface area contributed by atoms with Gasteiger partial charge in [-0.05, 0) is 73.2 Å². The van der Waals surface area contributed by atoms with Crippen LogP contribution in [0.2, 0.25) is 0 Å². The Hall–Kier alpha value is -4.36. The molecule has 8 nitrogen and oxygen atoms in total. The van der Waals surface area contributed by atoms with Gasteiger partial charge in [0.1, 0.15) is 12.2 Å². The van der Waals surface area contributed by atoms with E-state index in [4.69, 9.17) is 18.9 Å². The minimum Gasteiger partial charge on any atom is -0.493 e. The molecule has 43 heavy (non-hydrogen) atoms. The third kappa shape index (κ3) is 10.1. The van der Waals surface area contributed by atoms with E-state index in [1.807, 2.05) is 60.7 Å². The van der Waals surface area contributed by atoms with Gasteiger partial charge >= 0.3 is 5.97 Å². The van der Waals surface area contributed by atoms with Gasteiger partial charge in [-0.3, -0.25) is 9.78 Å². The Morgan fingerprint density at radius 2 is 1.72 bits per heavy atom. The first-order valence-corrected chi connectivity index (χ1v) is 14.0. The Bertz CT molecular complexity index is 1430. The quantitative estimate of drug-likeness (QED) is 0.0845. The van der Waals surface area contributed by atoms with Crippen molar-refractivity contribution in [3.63, 3.8) is 0 Å². The lowest BCUT2D eigenvalue weighted by Gasteiger charge is -2.16. The maximum absolute atomic E-state index is 13.6. The third-order valence-corrected chi connectivity index (χ3v) is 6.67. The largest absolute Gasteiger partial charge is 0.493 e. The number of nitrogens with zero attached hydrogens (tertiary/aromatic N) is 1. The number of aromatic nitrogens is 1. The lowest BCUT2D eigenvalue weighted by Crippen LogP contribution is -2.28. The summed E-state index contributed by atoms with van der Waals surface area (Å²) in [7, 11) is 3.12. The number of amides is 1. The van der Waals surface area contributed by atoms with Crippen LogP contribution in [-0.2, 0) is 25.6 Å². The zero-order valence-corrected chi connectivity index (χ0v) is 25.2. The number of methoxy groups -OCH3 is 2. The van der Waals surface area contributed by atoms with Gasteiger partial charge in [-0.15, -0.1) is 18.1 Å². The number of carbonyl (C=O) groups is 2. The van der Waals surface area contributed by atoms with Gasteiger partial charge in [0, 0.05) is 13.3 Å². The topological polar surface area (TPSA) is 96.0 Å². The fraction of sp³-hybridized carbons (Fsp3) is 0.294. The van der Waals surface area contributed by atoms with Crippen molar-refractivity contribution in [2.24, 2.45) is 0 Å². The molecule has 1 heterocycles. The first-order valence-electron chi connectivity index (χ1n) is 14.0. The van der Waals surface area contributed by atoms with Crippen molar-refractivity contribution in [3.05, 3.63) is 107 Å². The normalized spacial score (nSPS) is 12.8. The summed E-state index contributed by atoms with van der Waals surface area (Å²) in [5.41, 5.74) is 5.27. The van der Waals surface area contributed by atoms with Crippen LogP contribution in [-0.4, -0.2) is 50.4 Å². The first-order chi connectivity index (χ1) is 20.6. The van der Waals surface area contributed by atoms with Crippen molar-refractivity contribution in [1.29, 1.82) is 0 Å². The summed E-state index contributed by atoms with van der Waals surface area (Å²) in [6.45, 7) is 0.422. The molecule has 1 aromatic heterocycles. The van der Waals surface area contributed by atoms with E-state index in [2.05, 4.69) is 16.0 Å². The van der Waals surface area contributed by atoms with Crippen LogP contribution in [0.1, 0.15) is 42.5 Å². The molecule has 0 unspecified atom stereocenters. The molecule has 0 spiro atoms. The van der Waals surface area contributed by atoms with Crippen molar-refractivity contribution in [2.45, 2.75) is 38.3 Å². The van der Waals surface area contributed by atoms with Gasteiger partial charge in [0.25, 0.3) is 5.91 Å². The zero-order chi connectivity index (χ0) is 29.6. The van der Waals surface area contributed by atoms with E-state index < -0.39 is 11.9 Å². The van der Waals surface area contributed by atoms with Crippen molar-refractivity contribution in [2.75, 3.05) is 27.4 Å². The van der Waals surface area contributed by atoms with Crippen LogP contribution in [0.5, 0.6) is 11.5 Å². The van der Waals surface area contributed by atoms with Crippen LogP contribution >= 0.6 is 12.4 Å². The Morgan fingerprint density at radius 3 is 2.42 bits per heavy atom. The Balaban J connectivity index is 0.00000506. The number of hydrogen-bond donors (Lipinski definition) is 1. The number of carbonyl (C=O) groups excluding carboxylic acids is 2. The average Bonchev–Trinajstić information content (AvgIpc) is 3.54. The van der Waals surface area contributed by atoms with E-state index >= 15 is 0 Å². The highest BCUT2D eigenvalue weighted by Crippen LogP contribution is 2.33. The van der Waals surface area contributed by atoms with Crippen LogP contribution in [0.15, 0.2) is 89.8 Å². The third-order valence-electron chi connectivity index (χ3n) is 6.67. The molecule has 1 amide bonds. The SMILES string of the molecule is COCCOC(=O)C(=C=Cc1ccc(OC)c(OC2CCCC2)c1)/C(=C/c1ccccc1)C(=O)NCc1ccccn1.Cl. The molecule has 0 radical (unpaired) electrons. The summed E-state index contributed by atoms with van der Waals surface area (Å²) in [6.07, 6.45) is 9.37. The van der Waals surface area contributed by atoms with Gasteiger partial charge in [-0.1, -0.05) is 42.5 Å². The number of nitrogens with one attached hydrogen (secondary N) is 1. The predicted octanol–water partition coefficient (Wildman–Crippen LogP) is 5.96. The number of halogens is 1. The Kier molecular flexibility index (Phi) is 13.5. The van der Waals surface area contributed by atoms with Crippen molar-refractivity contribution < 1.29 is 28.5 Å². The summed E-state index contributed by atoms with van der Waals surface area (Å²) in [6, 6.07) is 20.2. The maximum atomic E-state index is 13.6. The van der Waals surface area contributed by atoms with E-state index in [1.165, 1.54) is 7.11 Å². The monoisotopic (exact) mass is 604 g/mol. The van der Waals surface area contributed by atoms with Crippen molar-refractivity contribution >= 4 is 36.4 Å². The molecular formula is C34H37ClN2O6. The number of hydrogen-bond acceptors (Lipinski definition) is 7. The smallest absolute Gasteiger partial charge is 0.346 e. The van der Waals surface area contributed by atoms with E-state index in [0.29, 0.717) is 17.2 Å². The highest BCUT2D eigenvalue weighted by molar-refractivity contribution is 6.12. The average molecular weight is 605 g/mol. The molecule has 4 rings (SSSR count). The van der Waals surface area contributed by atoms with E-state index in [0.717, 1.165) is 36.8 Å². The molecule has 226 valence electrons. The Labute approximate surface area is 258 Å². The minimum atomic E-state index is -0.700. The molecule has 9 heteroatoms. The molecule has 0 bridgehead atoms. The van der Waals surface area contributed by atoms with E-state index in [9.17, 15) is 9.59 Å². The Morgan fingerprint density at radius 1 is 0.953 bits per heavy atom. The number of esters is 1. The first kappa shape index (κ1) is 33.1. The highest BCUT2D eigenvalue weighted by atomic mass is 35.5. The molecular weight excluding hydrogens is 568 g/mol. The molecule has 1 aliphatic carbocycles. The maximum Gasteiger partial charge on any atom is 0.346 e. The van der Waals surface area contributed by atoms with Gasteiger partial charge in [0.2, 0.25) is 0 Å². The number of ether oxygens (including phenoxy) is 4. The second kappa shape index (κ2) is 17.6. The molecule has 3 aromatic rings. The van der Waals surface area contributed by atoms with Gasteiger partial charge in [0.05, 0.1) is 37.6 Å². The van der Waals surface area contributed by atoms with E-state index in [-0.39, 0.29) is 49.4 Å². The number of pyridine rings is 1. The predicted molar refractivity (Wildman–Crippen MR) is 168 cm³/mol. The van der Waals surface area contributed by atoms with Gasteiger partial charge in [-0.2, -0.15) is 0 Å².